The maximum atomic E-state index is 13.4. The van der Waals surface area contributed by atoms with Gasteiger partial charge in [0.25, 0.3) is 0 Å². The van der Waals surface area contributed by atoms with Crippen molar-refractivity contribution in [2.45, 2.75) is 51.3 Å². The first-order valence-electron chi connectivity index (χ1n) is 8.76. The summed E-state index contributed by atoms with van der Waals surface area (Å²) >= 11 is 0. The summed E-state index contributed by atoms with van der Waals surface area (Å²) in [5, 5.41) is 0. The molecule has 0 amide bonds. The van der Waals surface area contributed by atoms with Crippen molar-refractivity contribution < 1.29 is 17.9 Å². The number of aromatic nitrogens is 2. The zero-order valence-corrected chi connectivity index (χ0v) is 14.9. The van der Waals surface area contributed by atoms with Crippen LogP contribution in [0.5, 0.6) is 6.01 Å². The highest BCUT2D eigenvalue weighted by molar-refractivity contribution is 5.63. The van der Waals surface area contributed by atoms with Gasteiger partial charge in [-0.1, -0.05) is 18.6 Å². The molecule has 0 unspecified atom stereocenters. The second-order valence-corrected chi connectivity index (χ2v) is 6.66. The molecule has 1 aliphatic rings. The number of hydrogen-bond acceptors (Lipinski definition) is 4. The van der Waals surface area contributed by atoms with E-state index in [2.05, 4.69) is 9.97 Å². The number of ether oxygens (including phenoxy) is 1. The van der Waals surface area contributed by atoms with Crippen molar-refractivity contribution in [1.82, 2.24) is 9.97 Å². The quantitative estimate of drug-likeness (QED) is 0.738. The first-order valence-corrected chi connectivity index (χ1v) is 8.76. The highest BCUT2D eigenvalue weighted by Gasteiger charge is 2.37. The highest BCUT2D eigenvalue weighted by Crippen LogP contribution is 2.38. The lowest BCUT2D eigenvalue weighted by molar-refractivity contribution is -0.137. The van der Waals surface area contributed by atoms with Gasteiger partial charge in [0.1, 0.15) is 11.7 Å². The number of aryl methyl sites for hydroxylation is 1. The lowest BCUT2D eigenvalue weighted by Gasteiger charge is -2.25. The summed E-state index contributed by atoms with van der Waals surface area (Å²) in [7, 11) is 1.57. The number of alkyl halides is 3. The molecule has 7 heteroatoms. The maximum Gasteiger partial charge on any atom is 0.421 e. The van der Waals surface area contributed by atoms with Gasteiger partial charge in [-0.05, 0) is 50.3 Å². The van der Waals surface area contributed by atoms with Gasteiger partial charge in [0.05, 0.1) is 0 Å². The van der Waals surface area contributed by atoms with Crippen LogP contribution in [0.3, 0.4) is 0 Å². The Balaban J connectivity index is 1.95. The van der Waals surface area contributed by atoms with Gasteiger partial charge in [0.15, 0.2) is 5.82 Å². The minimum atomic E-state index is -4.54. The Kier molecular flexibility index (Phi) is 5.34. The fourth-order valence-electron chi connectivity index (χ4n) is 3.16. The molecule has 0 N–H and O–H groups in total. The Morgan fingerprint density at radius 1 is 1.15 bits per heavy atom. The zero-order valence-electron chi connectivity index (χ0n) is 14.9. The van der Waals surface area contributed by atoms with E-state index < -0.39 is 11.7 Å². The van der Waals surface area contributed by atoms with Gasteiger partial charge >= 0.3 is 12.2 Å². The van der Waals surface area contributed by atoms with E-state index in [-0.39, 0.29) is 17.9 Å². The summed E-state index contributed by atoms with van der Waals surface area (Å²) in [6.45, 7) is 1.89. The normalized spacial score (nSPS) is 15.7. The van der Waals surface area contributed by atoms with Crippen molar-refractivity contribution in [3.8, 4) is 6.01 Å². The van der Waals surface area contributed by atoms with Crippen LogP contribution in [-0.2, 0) is 6.18 Å². The Morgan fingerprint density at radius 3 is 2.54 bits per heavy atom. The van der Waals surface area contributed by atoms with Crippen LogP contribution in [0.15, 0.2) is 30.5 Å². The molecule has 4 nitrogen and oxygen atoms in total. The third-order valence-electron chi connectivity index (χ3n) is 4.58. The molecule has 1 saturated carbocycles. The molecular weight excluding hydrogens is 343 g/mol. The second kappa shape index (κ2) is 7.51. The smallest absolute Gasteiger partial charge is 0.421 e. The largest absolute Gasteiger partial charge is 0.460 e. The van der Waals surface area contributed by atoms with Crippen molar-refractivity contribution in [1.29, 1.82) is 0 Å². The third kappa shape index (κ3) is 4.26. The third-order valence-corrected chi connectivity index (χ3v) is 4.58. The predicted octanol–water partition coefficient (Wildman–Crippen LogP) is 5.28. The first kappa shape index (κ1) is 18.5. The van der Waals surface area contributed by atoms with Crippen LogP contribution >= 0.6 is 0 Å². The van der Waals surface area contributed by atoms with Gasteiger partial charge in [-0.25, -0.2) is 4.98 Å². The van der Waals surface area contributed by atoms with Gasteiger partial charge in [0.2, 0.25) is 0 Å². The molecule has 1 aromatic carbocycles. The van der Waals surface area contributed by atoms with Crippen LogP contribution in [0.4, 0.5) is 24.7 Å². The van der Waals surface area contributed by atoms with E-state index in [0.29, 0.717) is 5.69 Å². The van der Waals surface area contributed by atoms with Crippen molar-refractivity contribution in [3.05, 3.63) is 41.6 Å². The molecule has 0 radical (unpaired) electrons. The van der Waals surface area contributed by atoms with E-state index in [1.165, 1.54) is 4.90 Å². The number of nitrogens with zero attached hydrogens (tertiary/aromatic N) is 3. The van der Waals surface area contributed by atoms with Crippen LogP contribution < -0.4 is 9.64 Å². The molecule has 0 atom stereocenters. The van der Waals surface area contributed by atoms with E-state index in [1.807, 2.05) is 19.1 Å². The summed E-state index contributed by atoms with van der Waals surface area (Å²) in [5.74, 6) is -0.205. The average molecular weight is 365 g/mol. The highest BCUT2D eigenvalue weighted by atomic mass is 19.4. The van der Waals surface area contributed by atoms with Gasteiger partial charge in [-0.2, -0.15) is 18.2 Å². The van der Waals surface area contributed by atoms with Crippen molar-refractivity contribution in [2.75, 3.05) is 11.9 Å². The molecule has 1 heterocycles. The molecule has 1 fully saturated rings. The predicted molar refractivity (Wildman–Crippen MR) is 93.8 cm³/mol. The molecule has 0 aliphatic heterocycles. The fourth-order valence-corrected chi connectivity index (χ4v) is 3.16. The molecular formula is C19H22F3N3O. The van der Waals surface area contributed by atoms with E-state index >= 15 is 0 Å². The molecule has 1 aliphatic carbocycles. The van der Waals surface area contributed by atoms with Gasteiger partial charge in [-0.3, -0.25) is 0 Å². The van der Waals surface area contributed by atoms with E-state index in [1.54, 1.807) is 19.2 Å². The molecule has 2 aromatic rings. The number of benzene rings is 1. The molecule has 0 spiro atoms. The van der Waals surface area contributed by atoms with Crippen LogP contribution in [-0.4, -0.2) is 23.1 Å². The molecule has 0 saturated heterocycles. The SMILES string of the molecule is Cc1cccc(N(C)c2nc(OC3CCCCC3)ncc2C(F)(F)F)c1. The number of rotatable bonds is 4. The summed E-state index contributed by atoms with van der Waals surface area (Å²) in [6.07, 6.45) is 1.28. The Hall–Kier alpha value is -2.31. The van der Waals surface area contributed by atoms with Crippen molar-refractivity contribution in [2.24, 2.45) is 0 Å². The molecule has 140 valence electrons. The number of halogens is 3. The summed E-state index contributed by atoms with van der Waals surface area (Å²) in [6, 6.07) is 7.25. The molecule has 0 bridgehead atoms. The lowest BCUT2D eigenvalue weighted by Crippen LogP contribution is -2.23. The monoisotopic (exact) mass is 365 g/mol. The molecule has 3 rings (SSSR count). The lowest BCUT2D eigenvalue weighted by atomic mass is 9.98. The Bertz CT molecular complexity index is 758. The molecule has 1 aromatic heterocycles. The van der Waals surface area contributed by atoms with E-state index in [0.717, 1.165) is 43.9 Å². The zero-order chi connectivity index (χ0) is 18.7. The Labute approximate surface area is 151 Å². The maximum absolute atomic E-state index is 13.4. The van der Waals surface area contributed by atoms with Crippen LogP contribution in [0, 0.1) is 6.92 Å². The number of anilines is 2. The van der Waals surface area contributed by atoms with Crippen molar-refractivity contribution in [3.63, 3.8) is 0 Å². The average Bonchev–Trinajstić information content (AvgIpc) is 2.61. The second-order valence-electron chi connectivity index (χ2n) is 6.66. The number of hydrogen-bond donors (Lipinski definition) is 0. The van der Waals surface area contributed by atoms with E-state index in [9.17, 15) is 13.2 Å². The standard InChI is InChI=1S/C19H22F3N3O/c1-13-7-6-8-14(11-13)25(2)17-16(19(20,21)22)12-23-18(24-17)26-15-9-4-3-5-10-15/h6-8,11-12,15H,3-5,9-10H2,1-2H3. The first-order chi connectivity index (χ1) is 12.3. The van der Waals surface area contributed by atoms with Crippen LogP contribution in [0.2, 0.25) is 0 Å². The minimum Gasteiger partial charge on any atom is -0.460 e. The van der Waals surface area contributed by atoms with E-state index in [4.69, 9.17) is 4.74 Å². The summed E-state index contributed by atoms with van der Waals surface area (Å²) < 4.78 is 46.1. The topological polar surface area (TPSA) is 38.2 Å². The summed E-state index contributed by atoms with van der Waals surface area (Å²) in [5.41, 5.74) is 0.700. The Morgan fingerprint density at radius 2 is 1.88 bits per heavy atom. The van der Waals surface area contributed by atoms with Crippen LogP contribution in [0.1, 0.15) is 43.2 Å². The molecule has 26 heavy (non-hydrogen) atoms. The van der Waals surface area contributed by atoms with Crippen molar-refractivity contribution >= 4 is 11.5 Å². The van der Waals surface area contributed by atoms with Gasteiger partial charge < -0.3 is 9.64 Å². The van der Waals surface area contributed by atoms with Crippen LogP contribution in [0.25, 0.3) is 0 Å². The fraction of sp³-hybridized carbons (Fsp3) is 0.474. The minimum absolute atomic E-state index is 0.000553. The summed E-state index contributed by atoms with van der Waals surface area (Å²) in [4.78, 5) is 9.35. The van der Waals surface area contributed by atoms with Gasteiger partial charge in [-0.15, -0.1) is 0 Å². The van der Waals surface area contributed by atoms with Gasteiger partial charge in [0, 0.05) is 18.9 Å².